The van der Waals surface area contributed by atoms with Gasteiger partial charge in [0.2, 0.25) is 5.91 Å². The van der Waals surface area contributed by atoms with Crippen LogP contribution in [0.2, 0.25) is 0 Å². The SMILES string of the molecule is COc1ccc(CCC(=O)N[C@@H](C)c2ccc(C)c(C)c2)cc1OC. The van der Waals surface area contributed by atoms with Crippen LogP contribution in [0, 0.1) is 13.8 Å². The van der Waals surface area contributed by atoms with Gasteiger partial charge in [-0.25, -0.2) is 0 Å². The lowest BCUT2D eigenvalue weighted by atomic mass is 10.0. The molecule has 4 heteroatoms. The standard InChI is InChI=1S/C21H27NO3/c1-14-6-9-18(12-15(14)2)16(3)22-21(23)11-8-17-7-10-19(24-4)20(13-17)25-5/h6-7,9-10,12-13,16H,8,11H2,1-5H3,(H,22,23)/t16-/m0/s1. The first-order chi connectivity index (χ1) is 11.9. The quantitative estimate of drug-likeness (QED) is 0.824. The number of carbonyl (C=O) groups excluding carboxylic acids is 1. The Morgan fingerprint density at radius 2 is 1.72 bits per heavy atom. The smallest absolute Gasteiger partial charge is 0.220 e. The van der Waals surface area contributed by atoms with Crippen molar-refractivity contribution < 1.29 is 14.3 Å². The first-order valence-electron chi connectivity index (χ1n) is 8.52. The number of amides is 1. The number of carbonyl (C=O) groups is 1. The van der Waals surface area contributed by atoms with Crippen LogP contribution in [0.3, 0.4) is 0 Å². The van der Waals surface area contributed by atoms with Gasteiger partial charge in [0.1, 0.15) is 0 Å². The lowest BCUT2D eigenvalue weighted by Gasteiger charge is -2.16. The van der Waals surface area contributed by atoms with Gasteiger partial charge in [0.15, 0.2) is 11.5 Å². The summed E-state index contributed by atoms with van der Waals surface area (Å²) in [6.45, 7) is 6.19. The van der Waals surface area contributed by atoms with Crippen molar-refractivity contribution in [3.05, 3.63) is 58.7 Å². The number of ether oxygens (including phenoxy) is 2. The second-order valence-electron chi connectivity index (χ2n) is 6.32. The highest BCUT2D eigenvalue weighted by molar-refractivity contribution is 5.76. The molecule has 4 nitrogen and oxygen atoms in total. The molecule has 0 aliphatic heterocycles. The third kappa shape index (κ3) is 4.99. The van der Waals surface area contributed by atoms with Crippen LogP contribution in [-0.2, 0) is 11.2 Å². The predicted molar refractivity (Wildman–Crippen MR) is 100 cm³/mol. The van der Waals surface area contributed by atoms with E-state index in [-0.39, 0.29) is 11.9 Å². The van der Waals surface area contributed by atoms with Crippen molar-refractivity contribution >= 4 is 5.91 Å². The molecular weight excluding hydrogens is 314 g/mol. The second-order valence-corrected chi connectivity index (χ2v) is 6.32. The van der Waals surface area contributed by atoms with E-state index in [1.807, 2.05) is 25.1 Å². The molecule has 0 heterocycles. The normalized spacial score (nSPS) is 11.7. The largest absolute Gasteiger partial charge is 0.493 e. The van der Waals surface area contributed by atoms with Gasteiger partial charge in [0.25, 0.3) is 0 Å². The zero-order valence-electron chi connectivity index (χ0n) is 15.7. The zero-order valence-corrected chi connectivity index (χ0v) is 15.7. The summed E-state index contributed by atoms with van der Waals surface area (Å²) in [6, 6.07) is 12.0. The third-order valence-corrected chi connectivity index (χ3v) is 4.50. The van der Waals surface area contributed by atoms with Crippen molar-refractivity contribution in [1.29, 1.82) is 0 Å². The molecule has 0 bridgehead atoms. The van der Waals surface area contributed by atoms with Gasteiger partial charge in [0.05, 0.1) is 20.3 Å². The van der Waals surface area contributed by atoms with E-state index in [1.54, 1.807) is 14.2 Å². The molecule has 0 spiro atoms. The van der Waals surface area contributed by atoms with E-state index in [0.29, 0.717) is 24.3 Å². The van der Waals surface area contributed by atoms with Crippen molar-refractivity contribution in [2.45, 2.75) is 39.7 Å². The number of aryl methyl sites for hydroxylation is 3. The first-order valence-corrected chi connectivity index (χ1v) is 8.52. The van der Waals surface area contributed by atoms with Crippen LogP contribution >= 0.6 is 0 Å². The highest BCUT2D eigenvalue weighted by Gasteiger charge is 2.11. The molecule has 1 atom stereocenters. The Labute approximate surface area is 150 Å². The summed E-state index contributed by atoms with van der Waals surface area (Å²) in [5.74, 6) is 1.42. The fourth-order valence-corrected chi connectivity index (χ4v) is 2.72. The van der Waals surface area contributed by atoms with Gasteiger partial charge in [-0.2, -0.15) is 0 Å². The second kappa shape index (κ2) is 8.56. The third-order valence-electron chi connectivity index (χ3n) is 4.50. The molecule has 2 rings (SSSR count). The summed E-state index contributed by atoms with van der Waals surface area (Å²) in [7, 11) is 3.22. The van der Waals surface area contributed by atoms with Crippen molar-refractivity contribution in [1.82, 2.24) is 5.32 Å². The fourth-order valence-electron chi connectivity index (χ4n) is 2.72. The van der Waals surface area contributed by atoms with Crippen LogP contribution in [0.1, 0.15) is 41.6 Å². The van der Waals surface area contributed by atoms with Crippen molar-refractivity contribution in [2.75, 3.05) is 14.2 Å². The minimum Gasteiger partial charge on any atom is -0.493 e. The van der Waals surface area contributed by atoms with Gasteiger partial charge in [-0.3, -0.25) is 4.79 Å². The van der Waals surface area contributed by atoms with E-state index in [1.165, 1.54) is 11.1 Å². The molecule has 0 aliphatic carbocycles. The maximum absolute atomic E-state index is 12.3. The van der Waals surface area contributed by atoms with Gasteiger partial charge in [-0.1, -0.05) is 24.3 Å². The van der Waals surface area contributed by atoms with Crippen LogP contribution in [0.5, 0.6) is 11.5 Å². The molecule has 134 valence electrons. The number of nitrogens with one attached hydrogen (secondary N) is 1. The first kappa shape index (κ1) is 18.8. The Kier molecular flexibility index (Phi) is 6.45. The molecule has 0 fully saturated rings. The molecule has 0 unspecified atom stereocenters. The van der Waals surface area contributed by atoms with Crippen LogP contribution in [0.25, 0.3) is 0 Å². The molecule has 0 aliphatic rings. The van der Waals surface area contributed by atoms with Gasteiger partial charge >= 0.3 is 0 Å². The van der Waals surface area contributed by atoms with Gasteiger partial charge in [-0.15, -0.1) is 0 Å². The molecule has 1 amide bonds. The van der Waals surface area contributed by atoms with E-state index in [4.69, 9.17) is 9.47 Å². The van der Waals surface area contributed by atoms with E-state index < -0.39 is 0 Å². The average molecular weight is 341 g/mol. The molecule has 0 saturated carbocycles. The summed E-state index contributed by atoms with van der Waals surface area (Å²) in [6.07, 6.45) is 1.09. The van der Waals surface area contributed by atoms with Gasteiger partial charge < -0.3 is 14.8 Å². The van der Waals surface area contributed by atoms with Gasteiger partial charge in [-0.05, 0) is 61.6 Å². The molecule has 2 aromatic carbocycles. The summed E-state index contributed by atoms with van der Waals surface area (Å²) in [5.41, 5.74) is 4.67. The maximum Gasteiger partial charge on any atom is 0.220 e. The molecule has 0 aromatic heterocycles. The van der Waals surface area contributed by atoms with E-state index in [9.17, 15) is 4.79 Å². The van der Waals surface area contributed by atoms with E-state index >= 15 is 0 Å². The number of hydrogen-bond donors (Lipinski definition) is 1. The summed E-state index contributed by atoms with van der Waals surface area (Å²) in [4.78, 5) is 12.3. The lowest BCUT2D eigenvalue weighted by molar-refractivity contribution is -0.121. The monoisotopic (exact) mass is 341 g/mol. The molecular formula is C21H27NO3. The van der Waals surface area contributed by atoms with Crippen LogP contribution in [-0.4, -0.2) is 20.1 Å². The summed E-state index contributed by atoms with van der Waals surface area (Å²) < 4.78 is 10.5. The molecule has 2 aromatic rings. The Morgan fingerprint density at radius 3 is 2.36 bits per heavy atom. The van der Waals surface area contributed by atoms with Crippen LogP contribution in [0.15, 0.2) is 36.4 Å². The molecule has 0 radical (unpaired) electrons. The van der Waals surface area contributed by atoms with Crippen LogP contribution in [0.4, 0.5) is 0 Å². The van der Waals surface area contributed by atoms with E-state index in [2.05, 4.69) is 37.4 Å². The highest BCUT2D eigenvalue weighted by Crippen LogP contribution is 2.28. The number of rotatable bonds is 7. The highest BCUT2D eigenvalue weighted by atomic mass is 16.5. The lowest BCUT2D eigenvalue weighted by Crippen LogP contribution is -2.26. The fraction of sp³-hybridized carbons (Fsp3) is 0.381. The minimum absolute atomic E-state index is 0.00259. The molecule has 0 saturated heterocycles. The van der Waals surface area contributed by atoms with E-state index in [0.717, 1.165) is 11.1 Å². The van der Waals surface area contributed by atoms with Gasteiger partial charge in [0, 0.05) is 6.42 Å². The summed E-state index contributed by atoms with van der Waals surface area (Å²) in [5, 5.41) is 3.07. The van der Waals surface area contributed by atoms with Crippen molar-refractivity contribution in [2.24, 2.45) is 0 Å². The topological polar surface area (TPSA) is 47.6 Å². The Hall–Kier alpha value is -2.49. The number of hydrogen-bond acceptors (Lipinski definition) is 3. The number of benzene rings is 2. The molecule has 1 N–H and O–H groups in total. The Bertz CT molecular complexity index is 740. The Balaban J connectivity index is 1.93. The average Bonchev–Trinajstić information content (AvgIpc) is 2.61. The number of methoxy groups -OCH3 is 2. The van der Waals surface area contributed by atoms with Crippen molar-refractivity contribution in [3.8, 4) is 11.5 Å². The van der Waals surface area contributed by atoms with Crippen LogP contribution < -0.4 is 14.8 Å². The minimum atomic E-state index is -0.00259. The zero-order chi connectivity index (χ0) is 18.4. The predicted octanol–water partition coefficient (Wildman–Crippen LogP) is 4.13. The Morgan fingerprint density at radius 1 is 1.00 bits per heavy atom. The maximum atomic E-state index is 12.3. The molecule has 25 heavy (non-hydrogen) atoms. The summed E-state index contributed by atoms with van der Waals surface area (Å²) >= 11 is 0. The van der Waals surface area contributed by atoms with Crippen molar-refractivity contribution in [3.63, 3.8) is 0 Å².